The van der Waals surface area contributed by atoms with E-state index in [2.05, 4.69) is 5.32 Å². The van der Waals surface area contributed by atoms with Crippen molar-refractivity contribution in [2.45, 2.75) is 25.5 Å². The Bertz CT molecular complexity index is 444. The number of amides is 1. The van der Waals surface area contributed by atoms with Gasteiger partial charge in [0.15, 0.2) is 0 Å². The first-order chi connectivity index (χ1) is 9.15. The number of nitrogens with one attached hydrogen (secondary N) is 1. The van der Waals surface area contributed by atoms with Gasteiger partial charge in [-0.25, -0.2) is 4.79 Å². The molecular formula is C13H18N2O4. The van der Waals surface area contributed by atoms with Crippen LogP contribution in [-0.2, 0) is 11.3 Å². The van der Waals surface area contributed by atoms with Gasteiger partial charge in [-0.2, -0.15) is 0 Å². The molecule has 2 rings (SSSR count). The molecule has 0 unspecified atom stereocenters. The van der Waals surface area contributed by atoms with Crippen LogP contribution in [0.15, 0.2) is 18.2 Å². The molecule has 19 heavy (non-hydrogen) atoms. The average molecular weight is 266 g/mol. The molecule has 6 heteroatoms. The lowest BCUT2D eigenvalue weighted by molar-refractivity contribution is 0.0255. The van der Waals surface area contributed by atoms with Crippen LogP contribution in [0.2, 0.25) is 0 Å². The first kappa shape index (κ1) is 13.5. The van der Waals surface area contributed by atoms with Crippen LogP contribution in [0.25, 0.3) is 0 Å². The second-order valence-corrected chi connectivity index (χ2v) is 4.45. The van der Waals surface area contributed by atoms with Gasteiger partial charge in [-0.15, -0.1) is 0 Å². The number of ether oxygens (including phenoxy) is 2. The highest BCUT2D eigenvalue weighted by atomic mass is 16.5. The van der Waals surface area contributed by atoms with E-state index in [-0.39, 0.29) is 12.6 Å². The van der Waals surface area contributed by atoms with Gasteiger partial charge in [0.1, 0.15) is 11.9 Å². The minimum absolute atomic E-state index is 0.151. The minimum Gasteiger partial charge on any atom is -0.490 e. The van der Waals surface area contributed by atoms with E-state index >= 15 is 0 Å². The molecule has 1 saturated heterocycles. The number of anilines is 1. The van der Waals surface area contributed by atoms with Gasteiger partial charge < -0.3 is 25.6 Å². The quantitative estimate of drug-likeness (QED) is 0.719. The number of hydrogen-bond acceptors (Lipinski definition) is 4. The monoisotopic (exact) mass is 266 g/mol. The van der Waals surface area contributed by atoms with E-state index in [1.54, 1.807) is 18.2 Å². The Labute approximate surface area is 111 Å². The molecule has 4 N–H and O–H groups in total. The molecular weight excluding hydrogens is 248 g/mol. The first-order valence-corrected chi connectivity index (χ1v) is 6.25. The van der Waals surface area contributed by atoms with Crippen molar-refractivity contribution in [3.8, 4) is 5.75 Å². The van der Waals surface area contributed by atoms with Crippen LogP contribution in [-0.4, -0.2) is 30.5 Å². The van der Waals surface area contributed by atoms with Crippen LogP contribution in [0, 0.1) is 0 Å². The zero-order valence-corrected chi connectivity index (χ0v) is 10.6. The van der Waals surface area contributed by atoms with Crippen molar-refractivity contribution in [1.82, 2.24) is 5.32 Å². The van der Waals surface area contributed by atoms with Crippen LogP contribution in [0.3, 0.4) is 0 Å². The zero-order valence-electron chi connectivity index (χ0n) is 10.6. The summed E-state index contributed by atoms with van der Waals surface area (Å²) < 4.78 is 11.1. The third kappa shape index (κ3) is 4.03. The topological polar surface area (TPSA) is 93.8 Å². The van der Waals surface area contributed by atoms with Gasteiger partial charge in [-0.05, 0) is 23.8 Å². The summed E-state index contributed by atoms with van der Waals surface area (Å²) in [6, 6.07) is 5.31. The Morgan fingerprint density at radius 3 is 2.89 bits per heavy atom. The van der Waals surface area contributed by atoms with Crippen molar-refractivity contribution >= 4 is 11.8 Å². The SMILES string of the molecule is Nc1ccc(OC2CCOCC2)cc1CNC(=O)O. The Morgan fingerprint density at radius 2 is 2.21 bits per heavy atom. The van der Waals surface area contributed by atoms with E-state index in [4.69, 9.17) is 20.3 Å². The molecule has 1 aliphatic heterocycles. The molecule has 1 aromatic carbocycles. The van der Waals surface area contributed by atoms with Crippen LogP contribution in [0.4, 0.5) is 10.5 Å². The van der Waals surface area contributed by atoms with Gasteiger partial charge in [0.25, 0.3) is 0 Å². The van der Waals surface area contributed by atoms with E-state index in [1.807, 2.05) is 0 Å². The maximum atomic E-state index is 10.5. The van der Waals surface area contributed by atoms with Crippen molar-refractivity contribution in [2.75, 3.05) is 18.9 Å². The van der Waals surface area contributed by atoms with Gasteiger partial charge in [-0.3, -0.25) is 0 Å². The Hall–Kier alpha value is -1.95. The van der Waals surface area contributed by atoms with E-state index in [1.165, 1.54) is 0 Å². The third-order valence-corrected chi connectivity index (χ3v) is 3.02. The molecule has 0 atom stereocenters. The fourth-order valence-electron chi connectivity index (χ4n) is 1.97. The Morgan fingerprint density at radius 1 is 1.47 bits per heavy atom. The van der Waals surface area contributed by atoms with Crippen molar-refractivity contribution in [3.05, 3.63) is 23.8 Å². The van der Waals surface area contributed by atoms with Gasteiger partial charge in [0.2, 0.25) is 0 Å². The van der Waals surface area contributed by atoms with E-state index in [9.17, 15) is 4.79 Å². The lowest BCUT2D eigenvalue weighted by Gasteiger charge is -2.23. The van der Waals surface area contributed by atoms with Crippen LogP contribution in [0.1, 0.15) is 18.4 Å². The maximum absolute atomic E-state index is 10.5. The molecule has 1 heterocycles. The number of nitrogen functional groups attached to an aromatic ring is 1. The highest BCUT2D eigenvalue weighted by Crippen LogP contribution is 2.23. The molecule has 0 aromatic heterocycles. The molecule has 1 amide bonds. The van der Waals surface area contributed by atoms with Crippen molar-refractivity contribution in [2.24, 2.45) is 0 Å². The second kappa shape index (κ2) is 6.29. The normalized spacial score (nSPS) is 16.0. The third-order valence-electron chi connectivity index (χ3n) is 3.02. The van der Waals surface area contributed by atoms with Gasteiger partial charge >= 0.3 is 6.09 Å². The minimum atomic E-state index is -1.07. The number of nitrogens with two attached hydrogens (primary N) is 1. The summed E-state index contributed by atoms with van der Waals surface area (Å²) in [5, 5.41) is 10.9. The molecule has 0 radical (unpaired) electrons. The highest BCUT2D eigenvalue weighted by Gasteiger charge is 2.15. The van der Waals surface area contributed by atoms with E-state index in [0.29, 0.717) is 30.2 Å². The number of carbonyl (C=O) groups is 1. The molecule has 1 aromatic rings. The fraction of sp³-hybridized carbons (Fsp3) is 0.462. The molecule has 104 valence electrons. The number of hydrogen-bond donors (Lipinski definition) is 3. The molecule has 1 aliphatic rings. The number of benzene rings is 1. The Balaban J connectivity index is 2.00. The summed E-state index contributed by atoms with van der Waals surface area (Å²) in [5.74, 6) is 0.711. The summed E-state index contributed by atoms with van der Waals surface area (Å²) in [7, 11) is 0. The zero-order chi connectivity index (χ0) is 13.7. The van der Waals surface area contributed by atoms with Crippen LogP contribution >= 0.6 is 0 Å². The lowest BCUT2D eigenvalue weighted by atomic mass is 10.1. The van der Waals surface area contributed by atoms with Gasteiger partial charge in [-0.1, -0.05) is 0 Å². The van der Waals surface area contributed by atoms with E-state index in [0.717, 1.165) is 12.8 Å². The first-order valence-electron chi connectivity index (χ1n) is 6.25. The van der Waals surface area contributed by atoms with Crippen molar-refractivity contribution in [3.63, 3.8) is 0 Å². The largest absolute Gasteiger partial charge is 0.490 e. The van der Waals surface area contributed by atoms with Crippen LogP contribution in [0.5, 0.6) is 5.75 Å². The van der Waals surface area contributed by atoms with Crippen molar-refractivity contribution < 1.29 is 19.4 Å². The summed E-state index contributed by atoms with van der Waals surface area (Å²) in [6.07, 6.45) is 0.813. The lowest BCUT2D eigenvalue weighted by Crippen LogP contribution is -2.26. The van der Waals surface area contributed by atoms with Crippen molar-refractivity contribution in [1.29, 1.82) is 0 Å². The van der Waals surface area contributed by atoms with E-state index < -0.39 is 6.09 Å². The van der Waals surface area contributed by atoms with Gasteiger partial charge in [0.05, 0.1) is 13.2 Å². The summed E-state index contributed by atoms with van der Waals surface area (Å²) in [6.45, 7) is 1.60. The molecule has 0 bridgehead atoms. The number of carboxylic acid groups (broad SMARTS) is 1. The average Bonchev–Trinajstić information content (AvgIpc) is 2.40. The van der Waals surface area contributed by atoms with Gasteiger partial charge in [0, 0.05) is 25.1 Å². The fourth-order valence-corrected chi connectivity index (χ4v) is 1.97. The molecule has 1 fully saturated rings. The predicted octanol–water partition coefficient (Wildman–Crippen LogP) is 1.59. The molecule has 0 saturated carbocycles. The number of rotatable bonds is 4. The molecule has 6 nitrogen and oxygen atoms in total. The summed E-state index contributed by atoms with van der Waals surface area (Å²) >= 11 is 0. The highest BCUT2D eigenvalue weighted by molar-refractivity contribution is 5.65. The van der Waals surface area contributed by atoms with Crippen LogP contribution < -0.4 is 15.8 Å². The molecule has 0 spiro atoms. The standard InChI is InChI=1S/C13H18N2O4/c14-12-2-1-11(7-9(12)8-15-13(16)17)19-10-3-5-18-6-4-10/h1-2,7,10,15H,3-6,8,14H2,(H,16,17). The predicted molar refractivity (Wildman–Crippen MR) is 70.2 cm³/mol. The maximum Gasteiger partial charge on any atom is 0.404 e. The Kier molecular flexibility index (Phi) is 4.46. The second-order valence-electron chi connectivity index (χ2n) is 4.45. The summed E-state index contributed by atoms with van der Waals surface area (Å²) in [5.41, 5.74) is 7.06. The summed E-state index contributed by atoms with van der Waals surface area (Å²) in [4.78, 5) is 10.5. The molecule has 0 aliphatic carbocycles. The smallest absolute Gasteiger partial charge is 0.404 e.